The normalized spacial score (nSPS) is 26.2. The number of piperidine rings is 1. The van der Waals surface area contributed by atoms with Gasteiger partial charge >= 0.3 is 10.2 Å². The van der Waals surface area contributed by atoms with Crippen molar-refractivity contribution in [2.45, 2.75) is 32.2 Å². The summed E-state index contributed by atoms with van der Waals surface area (Å²) in [6, 6.07) is 0.0707. The summed E-state index contributed by atoms with van der Waals surface area (Å²) in [7, 11) is -2.12. The largest absolute Gasteiger partial charge is 0.301 e. The quantitative estimate of drug-likeness (QED) is 0.677. The standard InChI is InChI=1S/C7H16N2O3S/c1-7-5-3-4-6-9(7)13(10,11)8-12-2/h7-8H,3-6H2,1-2H3. The second-order valence-electron chi connectivity index (χ2n) is 3.25. The summed E-state index contributed by atoms with van der Waals surface area (Å²) in [6.45, 7) is 2.49. The molecule has 0 spiro atoms. The first-order valence-electron chi connectivity index (χ1n) is 4.39. The highest BCUT2D eigenvalue weighted by atomic mass is 32.2. The fourth-order valence-corrected chi connectivity index (χ4v) is 2.84. The molecule has 1 saturated heterocycles. The molecular weight excluding hydrogens is 192 g/mol. The summed E-state index contributed by atoms with van der Waals surface area (Å²) < 4.78 is 24.4. The Balaban J connectivity index is 2.68. The molecular formula is C7H16N2O3S. The van der Waals surface area contributed by atoms with Gasteiger partial charge in [-0.1, -0.05) is 11.3 Å². The molecule has 1 atom stereocenters. The van der Waals surface area contributed by atoms with Crippen molar-refractivity contribution in [2.75, 3.05) is 13.7 Å². The molecule has 0 amide bonds. The fourth-order valence-electron chi connectivity index (χ4n) is 1.58. The third kappa shape index (κ3) is 2.63. The molecule has 0 radical (unpaired) electrons. The van der Waals surface area contributed by atoms with E-state index in [1.165, 1.54) is 11.4 Å². The van der Waals surface area contributed by atoms with Crippen LogP contribution in [0.15, 0.2) is 0 Å². The van der Waals surface area contributed by atoms with Crippen LogP contribution in [-0.4, -0.2) is 32.4 Å². The third-order valence-corrected chi connectivity index (χ3v) is 3.78. The van der Waals surface area contributed by atoms with E-state index in [1.807, 2.05) is 11.8 Å². The zero-order valence-electron chi connectivity index (χ0n) is 7.99. The summed E-state index contributed by atoms with van der Waals surface area (Å²) in [5, 5.41) is 0. The first-order valence-corrected chi connectivity index (χ1v) is 5.83. The van der Waals surface area contributed by atoms with E-state index in [2.05, 4.69) is 4.84 Å². The van der Waals surface area contributed by atoms with Crippen LogP contribution in [0, 0.1) is 0 Å². The second-order valence-corrected chi connectivity index (χ2v) is 4.83. The Bertz CT molecular complexity index is 252. The van der Waals surface area contributed by atoms with Gasteiger partial charge in [0.15, 0.2) is 0 Å². The highest BCUT2D eigenvalue weighted by Gasteiger charge is 2.29. The number of nitrogens with zero attached hydrogens (tertiary/aromatic N) is 1. The van der Waals surface area contributed by atoms with Crippen molar-refractivity contribution >= 4 is 10.2 Å². The Morgan fingerprint density at radius 2 is 2.15 bits per heavy atom. The van der Waals surface area contributed by atoms with Crippen LogP contribution in [0.4, 0.5) is 0 Å². The zero-order chi connectivity index (χ0) is 9.90. The van der Waals surface area contributed by atoms with Crippen LogP contribution in [0.5, 0.6) is 0 Å². The van der Waals surface area contributed by atoms with Gasteiger partial charge in [0, 0.05) is 12.6 Å². The van der Waals surface area contributed by atoms with Gasteiger partial charge in [-0.3, -0.25) is 4.84 Å². The van der Waals surface area contributed by atoms with Gasteiger partial charge in [-0.25, -0.2) is 0 Å². The molecule has 78 valence electrons. The Hall–Kier alpha value is -0.170. The zero-order valence-corrected chi connectivity index (χ0v) is 8.80. The minimum Gasteiger partial charge on any atom is -0.289 e. The molecule has 0 aromatic carbocycles. The number of hydrogen-bond donors (Lipinski definition) is 1. The van der Waals surface area contributed by atoms with Crippen molar-refractivity contribution in [1.29, 1.82) is 0 Å². The first kappa shape index (κ1) is 10.9. The van der Waals surface area contributed by atoms with E-state index in [0.29, 0.717) is 6.54 Å². The SMILES string of the molecule is CONS(=O)(=O)N1CCCCC1C. The molecule has 1 rings (SSSR count). The minimum absolute atomic E-state index is 0.0707. The molecule has 1 N–H and O–H groups in total. The summed E-state index contributed by atoms with van der Waals surface area (Å²) in [5.41, 5.74) is 0. The van der Waals surface area contributed by atoms with Gasteiger partial charge in [0.25, 0.3) is 0 Å². The summed E-state index contributed by atoms with van der Waals surface area (Å²) in [5.74, 6) is 0. The van der Waals surface area contributed by atoms with Crippen molar-refractivity contribution in [3.05, 3.63) is 0 Å². The van der Waals surface area contributed by atoms with E-state index in [9.17, 15) is 8.42 Å². The molecule has 13 heavy (non-hydrogen) atoms. The van der Waals surface area contributed by atoms with Gasteiger partial charge in [0.05, 0.1) is 7.11 Å². The molecule has 1 heterocycles. The van der Waals surface area contributed by atoms with Gasteiger partial charge in [-0.05, 0) is 19.8 Å². The average Bonchev–Trinajstić information content (AvgIpc) is 2.04. The van der Waals surface area contributed by atoms with Gasteiger partial charge in [-0.15, -0.1) is 0 Å². The van der Waals surface area contributed by atoms with E-state index in [4.69, 9.17) is 0 Å². The van der Waals surface area contributed by atoms with Gasteiger partial charge in [0.2, 0.25) is 0 Å². The lowest BCUT2D eigenvalue weighted by molar-refractivity contribution is 0.138. The van der Waals surface area contributed by atoms with Crippen molar-refractivity contribution < 1.29 is 13.3 Å². The molecule has 0 saturated carbocycles. The van der Waals surface area contributed by atoms with Crippen LogP contribution < -0.4 is 4.89 Å². The fraction of sp³-hybridized carbons (Fsp3) is 1.00. The number of rotatable bonds is 3. The van der Waals surface area contributed by atoms with E-state index >= 15 is 0 Å². The maximum atomic E-state index is 11.5. The van der Waals surface area contributed by atoms with Gasteiger partial charge < -0.3 is 0 Å². The third-order valence-electron chi connectivity index (χ3n) is 2.24. The predicted molar refractivity (Wildman–Crippen MR) is 49.1 cm³/mol. The van der Waals surface area contributed by atoms with E-state index < -0.39 is 10.2 Å². The van der Waals surface area contributed by atoms with E-state index in [0.717, 1.165) is 19.3 Å². The lowest BCUT2D eigenvalue weighted by Crippen LogP contribution is -2.47. The average molecular weight is 208 g/mol. The van der Waals surface area contributed by atoms with Crippen molar-refractivity contribution in [2.24, 2.45) is 0 Å². The Kier molecular flexibility index (Phi) is 3.66. The van der Waals surface area contributed by atoms with Crippen LogP contribution in [-0.2, 0) is 15.0 Å². The topological polar surface area (TPSA) is 58.6 Å². The minimum atomic E-state index is -3.42. The van der Waals surface area contributed by atoms with Crippen LogP contribution in [0.2, 0.25) is 0 Å². The van der Waals surface area contributed by atoms with Crippen molar-refractivity contribution in [1.82, 2.24) is 9.19 Å². The molecule has 0 bridgehead atoms. The smallest absolute Gasteiger partial charge is 0.289 e. The molecule has 0 aromatic rings. The Morgan fingerprint density at radius 1 is 1.46 bits per heavy atom. The summed E-state index contributed by atoms with van der Waals surface area (Å²) >= 11 is 0. The molecule has 1 unspecified atom stereocenters. The van der Waals surface area contributed by atoms with Crippen molar-refractivity contribution in [3.63, 3.8) is 0 Å². The van der Waals surface area contributed by atoms with Crippen LogP contribution in [0.25, 0.3) is 0 Å². The summed E-state index contributed by atoms with van der Waals surface area (Å²) in [6.07, 6.45) is 2.94. The van der Waals surface area contributed by atoms with Crippen LogP contribution in [0.1, 0.15) is 26.2 Å². The molecule has 0 aromatic heterocycles. The monoisotopic (exact) mass is 208 g/mol. The van der Waals surface area contributed by atoms with Gasteiger partial charge in [-0.2, -0.15) is 12.7 Å². The lowest BCUT2D eigenvalue weighted by atomic mass is 10.1. The highest BCUT2D eigenvalue weighted by Crippen LogP contribution is 2.18. The summed E-state index contributed by atoms with van der Waals surface area (Å²) in [4.78, 5) is 6.45. The first-order chi connectivity index (χ1) is 6.08. The molecule has 5 nitrogen and oxygen atoms in total. The lowest BCUT2D eigenvalue weighted by Gasteiger charge is -2.31. The molecule has 0 aliphatic carbocycles. The van der Waals surface area contributed by atoms with Crippen LogP contribution in [0.3, 0.4) is 0 Å². The van der Waals surface area contributed by atoms with Crippen LogP contribution >= 0.6 is 0 Å². The Morgan fingerprint density at radius 3 is 2.69 bits per heavy atom. The number of hydrogen-bond acceptors (Lipinski definition) is 3. The Labute approximate surface area is 79.2 Å². The molecule has 6 heteroatoms. The molecule has 1 aliphatic rings. The molecule has 1 fully saturated rings. The second kappa shape index (κ2) is 4.36. The maximum Gasteiger partial charge on any atom is 0.301 e. The van der Waals surface area contributed by atoms with Gasteiger partial charge in [0.1, 0.15) is 0 Å². The maximum absolute atomic E-state index is 11.5. The number of nitrogens with one attached hydrogen (secondary N) is 1. The van der Waals surface area contributed by atoms with E-state index in [-0.39, 0.29) is 6.04 Å². The highest BCUT2D eigenvalue weighted by molar-refractivity contribution is 7.87. The predicted octanol–water partition coefficient (Wildman–Crippen LogP) is 0.257. The molecule has 1 aliphatic heterocycles. The van der Waals surface area contributed by atoms with E-state index in [1.54, 1.807) is 0 Å². The van der Waals surface area contributed by atoms with Crippen molar-refractivity contribution in [3.8, 4) is 0 Å².